The van der Waals surface area contributed by atoms with Crippen molar-refractivity contribution in [1.29, 1.82) is 0 Å². The molecule has 0 spiro atoms. The molecule has 1 atom stereocenters. The van der Waals surface area contributed by atoms with Gasteiger partial charge in [-0.3, -0.25) is 4.79 Å². The monoisotopic (exact) mass is 234 g/mol. The van der Waals surface area contributed by atoms with Crippen LogP contribution in [0.5, 0.6) is 0 Å². The van der Waals surface area contributed by atoms with Crippen molar-refractivity contribution < 1.29 is 4.79 Å². The number of amides is 1. The predicted molar refractivity (Wildman–Crippen MR) is 67.8 cm³/mol. The molecule has 1 unspecified atom stereocenters. The maximum atomic E-state index is 11.1. The first-order valence-corrected chi connectivity index (χ1v) is 5.93. The van der Waals surface area contributed by atoms with Crippen LogP contribution in [0.3, 0.4) is 0 Å². The van der Waals surface area contributed by atoms with Gasteiger partial charge < -0.3 is 16.4 Å². The Bertz CT molecular complexity index is 433. The Morgan fingerprint density at radius 2 is 2.35 bits per heavy atom. The van der Waals surface area contributed by atoms with Gasteiger partial charge in [-0.2, -0.15) is 0 Å². The molecule has 1 aromatic rings. The summed E-state index contributed by atoms with van der Waals surface area (Å²) in [6.07, 6.45) is 2.31. The van der Waals surface area contributed by atoms with Crippen molar-refractivity contribution in [2.45, 2.75) is 19.8 Å². The smallest absolute Gasteiger partial charge is 0.267 e. The Morgan fingerprint density at radius 3 is 2.94 bits per heavy atom. The summed E-state index contributed by atoms with van der Waals surface area (Å²) < 4.78 is 0. The van der Waals surface area contributed by atoms with Crippen molar-refractivity contribution in [2.75, 3.05) is 23.7 Å². The Hall–Kier alpha value is -1.78. The minimum Gasteiger partial charge on any atom is -0.396 e. The average Bonchev–Trinajstić information content (AvgIpc) is 2.77. The lowest BCUT2D eigenvalue weighted by atomic mass is 10.1. The van der Waals surface area contributed by atoms with Gasteiger partial charge in [0.05, 0.1) is 5.69 Å². The third-order valence-electron chi connectivity index (χ3n) is 3.32. The van der Waals surface area contributed by atoms with Crippen LogP contribution >= 0.6 is 0 Å². The van der Waals surface area contributed by atoms with E-state index in [1.807, 2.05) is 0 Å². The third kappa shape index (κ3) is 2.33. The van der Waals surface area contributed by atoms with Gasteiger partial charge in [0.25, 0.3) is 5.91 Å². The van der Waals surface area contributed by atoms with Gasteiger partial charge >= 0.3 is 0 Å². The highest BCUT2D eigenvalue weighted by Gasteiger charge is 2.24. The van der Waals surface area contributed by atoms with Crippen LogP contribution in [0, 0.1) is 5.92 Å². The summed E-state index contributed by atoms with van der Waals surface area (Å²) >= 11 is 0. The summed E-state index contributed by atoms with van der Waals surface area (Å²) in [6.45, 7) is 4.08. The Kier molecular flexibility index (Phi) is 3.17. The molecular formula is C12H18N4O. The van der Waals surface area contributed by atoms with Crippen LogP contribution < -0.4 is 16.4 Å². The number of aromatic nitrogens is 1. The molecule has 0 aliphatic carbocycles. The highest BCUT2D eigenvalue weighted by atomic mass is 16.1. The lowest BCUT2D eigenvalue weighted by Gasteiger charge is -2.19. The number of nitrogens with zero attached hydrogens (tertiary/aromatic N) is 2. The minimum absolute atomic E-state index is 0.272. The first-order chi connectivity index (χ1) is 8.11. The Labute approximate surface area is 101 Å². The molecule has 0 saturated carbocycles. The van der Waals surface area contributed by atoms with Crippen molar-refractivity contribution in [3.05, 3.63) is 17.8 Å². The predicted octanol–water partition coefficient (Wildman–Crippen LogP) is 0.999. The second kappa shape index (κ2) is 4.61. The van der Waals surface area contributed by atoms with Crippen LogP contribution in [0.15, 0.2) is 12.1 Å². The third-order valence-corrected chi connectivity index (χ3v) is 3.32. The first kappa shape index (κ1) is 11.7. The summed E-state index contributed by atoms with van der Waals surface area (Å²) in [4.78, 5) is 17.5. The fraction of sp³-hybridized carbons (Fsp3) is 0.500. The van der Waals surface area contributed by atoms with E-state index in [4.69, 9.17) is 11.5 Å². The fourth-order valence-corrected chi connectivity index (χ4v) is 2.21. The number of primary amides is 1. The molecule has 5 heteroatoms. The number of carbonyl (C=O) groups excluding carboxylic acids is 1. The standard InChI is InChI=1S/C12H18N4O/c1-2-8-5-6-16(7-8)12-9(13)3-4-10(15-12)11(14)17/h3-4,8H,2,5-7,13H2,1H3,(H2,14,17). The topological polar surface area (TPSA) is 85.2 Å². The van der Waals surface area contributed by atoms with Crippen LogP contribution in [0.2, 0.25) is 0 Å². The van der Waals surface area contributed by atoms with Crippen molar-refractivity contribution in [1.82, 2.24) is 4.98 Å². The van der Waals surface area contributed by atoms with Crippen LogP contribution in [-0.2, 0) is 0 Å². The van der Waals surface area contributed by atoms with E-state index in [-0.39, 0.29) is 5.69 Å². The molecule has 0 radical (unpaired) electrons. The van der Waals surface area contributed by atoms with Crippen LogP contribution in [0.25, 0.3) is 0 Å². The molecule has 0 aromatic carbocycles. The van der Waals surface area contributed by atoms with Crippen molar-refractivity contribution >= 4 is 17.4 Å². The van der Waals surface area contributed by atoms with Gasteiger partial charge in [0, 0.05) is 13.1 Å². The molecule has 2 heterocycles. The number of nitrogen functional groups attached to an aromatic ring is 1. The maximum absolute atomic E-state index is 11.1. The molecule has 1 aliphatic rings. The summed E-state index contributed by atoms with van der Waals surface area (Å²) in [5, 5.41) is 0. The largest absolute Gasteiger partial charge is 0.396 e. The molecule has 5 nitrogen and oxygen atoms in total. The SMILES string of the molecule is CCC1CCN(c2nc(C(N)=O)ccc2N)C1. The van der Waals surface area contributed by atoms with E-state index >= 15 is 0 Å². The van der Waals surface area contributed by atoms with E-state index < -0.39 is 5.91 Å². The van der Waals surface area contributed by atoms with Gasteiger partial charge in [0.2, 0.25) is 0 Å². The van der Waals surface area contributed by atoms with E-state index in [1.165, 1.54) is 0 Å². The number of pyridine rings is 1. The van der Waals surface area contributed by atoms with E-state index in [0.717, 1.165) is 25.9 Å². The van der Waals surface area contributed by atoms with Gasteiger partial charge in [0.15, 0.2) is 5.82 Å². The zero-order valence-corrected chi connectivity index (χ0v) is 10.0. The molecule has 17 heavy (non-hydrogen) atoms. The molecule has 1 aliphatic heterocycles. The van der Waals surface area contributed by atoms with E-state index in [9.17, 15) is 4.79 Å². The average molecular weight is 234 g/mol. The molecular weight excluding hydrogens is 216 g/mol. The molecule has 0 bridgehead atoms. The maximum Gasteiger partial charge on any atom is 0.267 e. The molecule has 1 amide bonds. The number of rotatable bonds is 3. The molecule has 1 aromatic heterocycles. The molecule has 2 rings (SSSR count). The van der Waals surface area contributed by atoms with E-state index in [1.54, 1.807) is 12.1 Å². The highest BCUT2D eigenvalue weighted by molar-refractivity contribution is 5.91. The highest BCUT2D eigenvalue weighted by Crippen LogP contribution is 2.28. The summed E-state index contributed by atoms with van der Waals surface area (Å²) in [7, 11) is 0. The van der Waals surface area contributed by atoms with E-state index in [0.29, 0.717) is 17.4 Å². The van der Waals surface area contributed by atoms with Crippen LogP contribution in [0.4, 0.5) is 11.5 Å². The quantitative estimate of drug-likeness (QED) is 0.817. The summed E-state index contributed by atoms with van der Waals surface area (Å²) in [5.41, 5.74) is 12.0. The Morgan fingerprint density at radius 1 is 1.59 bits per heavy atom. The Balaban J connectivity index is 2.25. The summed E-state index contributed by atoms with van der Waals surface area (Å²) in [5.74, 6) is 0.864. The van der Waals surface area contributed by atoms with Crippen molar-refractivity contribution in [2.24, 2.45) is 11.7 Å². The second-order valence-corrected chi connectivity index (χ2v) is 4.48. The van der Waals surface area contributed by atoms with Crippen LogP contribution in [0.1, 0.15) is 30.3 Å². The second-order valence-electron chi connectivity index (χ2n) is 4.48. The van der Waals surface area contributed by atoms with Gasteiger partial charge in [0.1, 0.15) is 5.69 Å². The number of anilines is 2. The molecule has 1 saturated heterocycles. The number of nitrogens with two attached hydrogens (primary N) is 2. The van der Waals surface area contributed by atoms with Crippen molar-refractivity contribution in [3.63, 3.8) is 0 Å². The van der Waals surface area contributed by atoms with Gasteiger partial charge in [-0.05, 0) is 24.5 Å². The number of carbonyl (C=O) groups is 1. The fourth-order valence-electron chi connectivity index (χ4n) is 2.21. The molecule has 4 N–H and O–H groups in total. The lowest BCUT2D eigenvalue weighted by Crippen LogP contribution is -2.24. The van der Waals surface area contributed by atoms with Gasteiger partial charge in [-0.25, -0.2) is 4.98 Å². The zero-order valence-electron chi connectivity index (χ0n) is 10.0. The first-order valence-electron chi connectivity index (χ1n) is 5.93. The van der Waals surface area contributed by atoms with Crippen LogP contribution in [-0.4, -0.2) is 24.0 Å². The normalized spacial score (nSPS) is 19.6. The van der Waals surface area contributed by atoms with Gasteiger partial charge in [-0.1, -0.05) is 13.3 Å². The minimum atomic E-state index is -0.516. The molecule has 92 valence electrons. The van der Waals surface area contributed by atoms with E-state index in [2.05, 4.69) is 16.8 Å². The van der Waals surface area contributed by atoms with Gasteiger partial charge in [-0.15, -0.1) is 0 Å². The van der Waals surface area contributed by atoms with Crippen molar-refractivity contribution in [3.8, 4) is 0 Å². The summed E-state index contributed by atoms with van der Waals surface area (Å²) in [6, 6.07) is 3.26. The zero-order chi connectivity index (χ0) is 12.4. The lowest BCUT2D eigenvalue weighted by molar-refractivity contribution is 0.0995. The number of hydrogen-bond acceptors (Lipinski definition) is 4. The number of hydrogen-bond donors (Lipinski definition) is 2. The molecule has 1 fully saturated rings.